The van der Waals surface area contributed by atoms with Gasteiger partial charge < -0.3 is 9.84 Å². The van der Waals surface area contributed by atoms with Crippen LogP contribution in [0.4, 0.5) is 5.69 Å². The molecule has 0 bridgehead atoms. The summed E-state index contributed by atoms with van der Waals surface area (Å²) < 4.78 is 6.13. The fourth-order valence-corrected chi connectivity index (χ4v) is 4.30. The Hall–Kier alpha value is -2.56. The lowest BCUT2D eigenvalue weighted by Gasteiger charge is -2.28. The Kier molecular flexibility index (Phi) is 6.46. The van der Waals surface area contributed by atoms with Crippen molar-refractivity contribution in [3.8, 4) is 5.75 Å². The highest BCUT2D eigenvalue weighted by atomic mass is 79.9. The predicted molar refractivity (Wildman–Crippen MR) is 118 cm³/mol. The molecule has 1 aliphatic heterocycles. The number of carboxylic acid groups (broad SMARTS) is 1. The van der Waals surface area contributed by atoms with Crippen LogP contribution < -0.4 is 15.0 Å². The molecule has 1 aliphatic rings. The molecule has 0 atom stereocenters. The summed E-state index contributed by atoms with van der Waals surface area (Å²) in [5.74, 6) is -1.98. The molecule has 2 N–H and O–H groups in total. The van der Waals surface area contributed by atoms with Crippen molar-refractivity contribution in [2.24, 2.45) is 0 Å². The Morgan fingerprint density at radius 3 is 2.38 bits per heavy atom. The summed E-state index contributed by atoms with van der Waals surface area (Å²) in [6.07, 6.45) is 1.42. The highest BCUT2D eigenvalue weighted by Crippen LogP contribution is 2.35. The molecule has 29 heavy (non-hydrogen) atoms. The number of carboxylic acids is 1. The first kappa shape index (κ1) is 21.2. The van der Waals surface area contributed by atoms with Crippen molar-refractivity contribution in [1.29, 1.82) is 0 Å². The van der Waals surface area contributed by atoms with Gasteiger partial charge in [0.25, 0.3) is 11.8 Å². The van der Waals surface area contributed by atoms with E-state index in [1.807, 2.05) is 0 Å². The Labute approximate surface area is 187 Å². The second kappa shape index (κ2) is 8.85. The molecule has 2 aromatic carbocycles. The van der Waals surface area contributed by atoms with Gasteiger partial charge in [-0.3, -0.25) is 19.8 Å². The van der Waals surface area contributed by atoms with Gasteiger partial charge in [0.1, 0.15) is 11.3 Å². The Morgan fingerprint density at radius 2 is 1.79 bits per heavy atom. The number of rotatable bonds is 5. The fourth-order valence-electron chi connectivity index (χ4n) is 2.57. The van der Waals surface area contributed by atoms with Crippen LogP contribution in [0.15, 0.2) is 57.0 Å². The van der Waals surface area contributed by atoms with Crippen molar-refractivity contribution in [3.63, 3.8) is 0 Å². The highest BCUT2D eigenvalue weighted by molar-refractivity contribution is 9.11. The number of carbonyl (C=O) groups is 3. The average Bonchev–Trinajstić information content (AvgIpc) is 2.65. The van der Waals surface area contributed by atoms with E-state index in [2.05, 4.69) is 37.2 Å². The third-order valence-corrected chi connectivity index (χ3v) is 5.25. The maximum atomic E-state index is 13.0. The molecule has 10 heteroatoms. The van der Waals surface area contributed by atoms with E-state index < -0.39 is 24.4 Å². The summed E-state index contributed by atoms with van der Waals surface area (Å²) in [5, 5.41) is 11.3. The number of nitrogens with one attached hydrogen (secondary N) is 1. The van der Waals surface area contributed by atoms with Crippen molar-refractivity contribution in [2.45, 2.75) is 0 Å². The number of ether oxygens (including phenoxy) is 1. The number of benzene rings is 2. The average molecular weight is 540 g/mol. The maximum absolute atomic E-state index is 13.0. The molecule has 2 aromatic rings. The van der Waals surface area contributed by atoms with E-state index in [-0.39, 0.29) is 10.7 Å². The number of amides is 2. The zero-order chi connectivity index (χ0) is 21.1. The lowest BCUT2D eigenvalue weighted by molar-refractivity contribution is -0.139. The van der Waals surface area contributed by atoms with E-state index in [1.165, 1.54) is 11.0 Å². The van der Waals surface area contributed by atoms with E-state index in [9.17, 15) is 14.4 Å². The van der Waals surface area contributed by atoms with Crippen LogP contribution in [0, 0.1) is 0 Å². The van der Waals surface area contributed by atoms with Crippen molar-refractivity contribution in [1.82, 2.24) is 5.32 Å². The minimum atomic E-state index is -1.11. The lowest BCUT2D eigenvalue weighted by Crippen LogP contribution is -2.54. The summed E-state index contributed by atoms with van der Waals surface area (Å²) >= 11 is 11.8. The summed E-state index contributed by atoms with van der Waals surface area (Å²) in [6.45, 7) is -0.512. The third kappa shape index (κ3) is 4.72. The smallest absolute Gasteiger partial charge is 0.341 e. The van der Waals surface area contributed by atoms with Crippen LogP contribution in [-0.4, -0.2) is 34.6 Å². The molecule has 1 saturated heterocycles. The number of hydrogen-bond donors (Lipinski definition) is 2. The molecule has 0 unspecified atom stereocenters. The minimum Gasteiger partial charge on any atom is -0.480 e. The summed E-state index contributed by atoms with van der Waals surface area (Å²) in [5.41, 5.74) is 0.958. The quantitative estimate of drug-likeness (QED) is 0.343. The third-order valence-electron chi connectivity index (χ3n) is 3.79. The van der Waals surface area contributed by atoms with Crippen LogP contribution in [0.5, 0.6) is 5.75 Å². The van der Waals surface area contributed by atoms with Crippen LogP contribution in [-0.2, 0) is 14.4 Å². The second-order valence-electron chi connectivity index (χ2n) is 5.79. The van der Waals surface area contributed by atoms with Gasteiger partial charge in [-0.15, -0.1) is 0 Å². The molecular weight excluding hydrogens is 528 g/mol. The normalized spacial score (nSPS) is 15.4. The highest BCUT2D eigenvalue weighted by Gasteiger charge is 2.34. The predicted octanol–water partition coefficient (Wildman–Crippen LogP) is 3.51. The van der Waals surface area contributed by atoms with Gasteiger partial charge in [-0.1, -0.05) is 18.2 Å². The Bertz CT molecular complexity index is 1030. The molecule has 0 spiro atoms. The molecule has 148 valence electrons. The molecule has 0 aliphatic carbocycles. The van der Waals surface area contributed by atoms with Gasteiger partial charge in [0.2, 0.25) is 0 Å². The molecular formula is C19H12Br2N2O5S. The number of anilines is 1. The van der Waals surface area contributed by atoms with E-state index in [0.717, 1.165) is 0 Å². The lowest BCUT2D eigenvalue weighted by atomic mass is 10.1. The van der Waals surface area contributed by atoms with E-state index in [0.29, 0.717) is 25.9 Å². The number of aliphatic carboxylic acids is 1. The van der Waals surface area contributed by atoms with Gasteiger partial charge in [-0.2, -0.15) is 0 Å². The summed E-state index contributed by atoms with van der Waals surface area (Å²) in [7, 11) is 0. The van der Waals surface area contributed by atoms with Gasteiger partial charge in [0, 0.05) is 0 Å². The maximum Gasteiger partial charge on any atom is 0.341 e. The Balaban J connectivity index is 1.96. The first-order valence-corrected chi connectivity index (χ1v) is 10.1. The molecule has 7 nitrogen and oxygen atoms in total. The largest absolute Gasteiger partial charge is 0.480 e. The summed E-state index contributed by atoms with van der Waals surface area (Å²) in [4.78, 5) is 37.3. The van der Waals surface area contributed by atoms with Crippen molar-refractivity contribution < 1.29 is 24.2 Å². The Morgan fingerprint density at radius 1 is 1.17 bits per heavy atom. The fraction of sp³-hybridized carbons (Fsp3) is 0.0526. The number of carbonyl (C=O) groups excluding carboxylic acids is 2. The zero-order valence-electron chi connectivity index (χ0n) is 14.5. The van der Waals surface area contributed by atoms with E-state index in [4.69, 9.17) is 22.1 Å². The van der Waals surface area contributed by atoms with E-state index >= 15 is 0 Å². The zero-order valence-corrected chi connectivity index (χ0v) is 18.5. The van der Waals surface area contributed by atoms with Gasteiger partial charge in [-0.05, 0) is 80.0 Å². The van der Waals surface area contributed by atoms with Crippen molar-refractivity contribution >= 4 is 78.7 Å². The van der Waals surface area contributed by atoms with Crippen LogP contribution in [0.3, 0.4) is 0 Å². The molecule has 3 rings (SSSR count). The van der Waals surface area contributed by atoms with Crippen molar-refractivity contribution in [3.05, 3.63) is 62.5 Å². The molecule has 1 fully saturated rings. The second-order valence-corrected chi connectivity index (χ2v) is 7.88. The summed E-state index contributed by atoms with van der Waals surface area (Å²) in [6, 6.07) is 12.0. The number of hydrogen-bond acceptors (Lipinski definition) is 5. The molecule has 2 amide bonds. The van der Waals surface area contributed by atoms with Crippen LogP contribution in [0.1, 0.15) is 5.56 Å². The monoisotopic (exact) mass is 538 g/mol. The van der Waals surface area contributed by atoms with Crippen LogP contribution >= 0.6 is 44.1 Å². The van der Waals surface area contributed by atoms with Crippen molar-refractivity contribution in [2.75, 3.05) is 11.5 Å². The van der Waals surface area contributed by atoms with Gasteiger partial charge in [0.15, 0.2) is 11.7 Å². The van der Waals surface area contributed by atoms with Crippen LogP contribution in [0.25, 0.3) is 6.08 Å². The first-order valence-electron chi connectivity index (χ1n) is 8.08. The number of para-hydroxylation sites is 1. The minimum absolute atomic E-state index is 0.00290. The molecule has 0 saturated carbocycles. The standard InChI is InChI=1S/C19H12Br2N2O5S/c20-13-7-10(8-14(21)16(13)28-9-15(24)25)6-12-17(26)22-19(29)23(18(12)27)11-4-2-1-3-5-11/h1-8H,9H2,(H,24,25)(H,22,26,29). The van der Waals surface area contributed by atoms with E-state index in [1.54, 1.807) is 42.5 Å². The number of nitrogens with zero attached hydrogens (tertiary/aromatic N) is 1. The number of thiocarbonyl (C=S) groups is 1. The van der Waals surface area contributed by atoms with Gasteiger partial charge in [0.05, 0.1) is 14.6 Å². The molecule has 1 heterocycles. The first-order chi connectivity index (χ1) is 13.8. The molecule has 0 aromatic heterocycles. The van der Waals surface area contributed by atoms with Crippen LogP contribution in [0.2, 0.25) is 0 Å². The van der Waals surface area contributed by atoms with Gasteiger partial charge >= 0.3 is 5.97 Å². The topological polar surface area (TPSA) is 95.9 Å². The number of halogens is 2. The molecule has 0 radical (unpaired) electrons. The SMILES string of the molecule is O=C(O)COc1c(Br)cc(C=C2C(=O)NC(=S)N(c3ccccc3)C2=O)cc1Br. The van der Waals surface area contributed by atoms with Gasteiger partial charge in [-0.25, -0.2) is 4.79 Å².